The number of nitrogens with one attached hydrogen (secondary N) is 1. The first-order valence-electron chi connectivity index (χ1n) is 12.4. The monoisotopic (exact) mass is 519 g/mol. The van der Waals surface area contributed by atoms with Crippen LogP contribution in [0.1, 0.15) is 72.6 Å². The Bertz CT molecular complexity index is 1580. The third-order valence-corrected chi connectivity index (χ3v) is 7.10. The lowest BCUT2D eigenvalue weighted by Gasteiger charge is -2.14. The van der Waals surface area contributed by atoms with Crippen LogP contribution >= 0.6 is 11.6 Å². The SMILES string of the molecule is CC(CNC(=O)c1cnc2c(c1)c(=O)n(C1CC1)c(=O)n2C1CC1)CC(=O)Cc1ccc(C#N)c(Cl)c1. The number of carbonyl (C=O) groups excluding carboxylic acids is 2. The maximum absolute atomic E-state index is 13.1. The molecule has 0 aliphatic heterocycles. The van der Waals surface area contributed by atoms with E-state index in [1.807, 2.05) is 13.0 Å². The Morgan fingerprint density at radius 1 is 1.16 bits per heavy atom. The largest absolute Gasteiger partial charge is 0.352 e. The zero-order valence-corrected chi connectivity index (χ0v) is 21.1. The summed E-state index contributed by atoms with van der Waals surface area (Å²) in [4.78, 5) is 55.8. The van der Waals surface area contributed by atoms with E-state index in [0.717, 1.165) is 31.2 Å². The lowest BCUT2D eigenvalue weighted by Crippen LogP contribution is -2.40. The van der Waals surface area contributed by atoms with E-state index in [4.69, 9.17) is 16.9 Å². The van der Waals surface area contributed by atoms with Gasteiger partial charge in [-0.05, 0) is 55.4 Å². The van der Waals surface area contributed by atoms with Crippen molar-refractivity contribution in [3.8, 4) is 6.07 Å². The summed E-state index contributed by atoms with van der Waals surface area (Å²) in [5.74, 6) is -0.520. The summed E-state index contributed by atoms with van der Waals surface area (Å²) < 4.78 is 2.92. The van der Waals surface area contributed by atoms with Crippen LogP contribution in [-0.4, -0.2) is 32.4 Å². The summed E-state index contributed by atoms with van der Waals surface area (Å²) in [6, 6.07) is 8.40. The van der Waals surface area contributed by atoms with Crippen molar-refractivity contribution in [2.75, 3.05) is 6.54 Å². The molecule has 1 aromatic carbocycles. The van der Waals surface area contributed by atoms with Crippen molar-refractivity contribution in [3.63, 3.8) is 0 Å². The number of benzene rings is 1. The maximum atomic E-state index is 13.1. The maximum Gasteiger partial charge on any atom is 0.333 e. The second kappa shape index (κ2) is 9.94. The fourth-order valence-electron chi connectivity index (χ4n) is 4.56. The normalized spacial score (nSPS) is 15.8. The predicted molar refractivity (Wildman–Crippen MR) is 138 cm³/mol. The van der Waals surface area contributed by atoms with Crippen LogP contribution in [0.4, 0.5) is 0 Å². The van der Waals surface area contributed by atoms with E-state index >= 15 is 0 Å². The molecule has 37 heavy (non-hydrogen) atoms. The van der Waals surface area contributed by atoms with E-state index in [9.17, 15) is 19.2 Å². The van der Waals surface area contributed by atoms with Gasteiger partial charge in [0.25, 0.3) is 11.5 Å². The molecule has 5 rings (SSSR count). The quantitative estimate of drug-likeness (QED) is 0.462. The number of ketones is 1. The van der Waals surface area contributed by atoms with Crippen molar-refractivity contribution >= 4 is 34.3 Å². The molecule has 1 N–H and O–H groups in total. The van der Waals surface area contributed by atoms with E-state index in [2.05, 4.69) is 10.3 Å². The number of nitrogens with zero attached hydrogens (tertiary/aromatic N) is 4. The first-order valence-corrected chi connectivity index (χ1v) is 12.8. The van der Waals surface area contributed by atoms with Gasteiger partial charge in [-0.3, -0.25) is 23.5 Å². The van der Waals surface area contributed by atoms with Gasteiger partial charge in [-0.2, -0.15) is 5.26 Å². The Labute approximate surface area is 217 Å². The summed E-state index contributed by atoms with van der Waals surface area (Å²) in [7, 11) is 0. The summed E-state index contributed by atoms with van der Waals surface area (Å²) in [6.07, 6.45) is 5.18. The minimum Gasteiger partial charge on any atom is -0.352 e. The zero-order valence-electron chi connectivity index (χ0n) is 20.4. The second-order valence-electron chi connectivity index (χ2n) is 10.0. The Morgan fingerprint density at radius 2 is 1.86 bits per heavy atom. The number of aromatic nitrogens is 3. The van der Waals surface area contributed by atoms with Gasteiger partial charge < -0.3 is 5.32 Å². The Hall–Kier alpha value is -3.77. The van der Waals surface area contributed by atoms with Crippen LogP contribution in [-0.2, 0) is 11.2 Å². The van der Waals surface area contributed by atoms with Crippen molar-refractivity contribution in [1.29, 1.82) is 5.26 Å². The molecule has 1 unspecified atom stereocenters. The number of rotatable bonds is 9. The molecular weight excluding hydrogens is 494 g/mol. The molecule has 2 fully saturated rings. The molecule has 0 spiro atoms. The average molecular weight is 520 g/mol. The first-order chi connectivity index (χ1) is 17.8. The highest BCUT2D eigenvalue weighted by molar-refractivity contribution is 6.31. The number of fused-ring (bicyclic) bond motifs is 1. The van der Waals surface area contributed by atoms with E-state index in [-0.39, 0.29) is 59.8 Å². The number of pyridine rings is 1. The number of hydrogen-bond acceptors (Lipinski definition) is 6. The van der Waals surface area contributed by atoms with Crippen LogP contribution < -0.4 is 16.6 Å². The standard InChI is InChI=1S/C27H26ClN5O4/c1-15(8-21(34)9-16-2-3-17(12-29)23(28)10-16)13-31-25(35)18-11-22-24(30-14-18)32(19-4-5-19)27(37)33(26(22)36)20-6-7-20/h2-3,10-11,14-15,19-20H,4-9,13H2,1H3,(H,31,35). The van der Waals surface area contributed by atoms with Crippen LogP contribution in [0.15, 0.2) is 40.1 Å². The molecule has 0 bridgehead atoms. The Kier molecular flexibility index (Phi) is 6.69. The van der Waals surface area contributed by atoms with Gasteiger partial charge in [0, 0.05) is 37.7 Å². The van der Waals surface area contributed by atoms with Gasteiger partial charge in [-0.25, -0.2) is 9.78 Å². The number of halogens is 1. The average Bonchev–Trinajstić information content (AvgIpc) is 3.78. The van der Waals surface area contributed by atoms with Crippen LogP contribution in [0.3, 0.4) is 0 Å². The van der Waals surface area contributed by atoms with Gasteiger partial charge in [0.1, 0.15) is 17.5 Å². The number of Topliss-reactive ketones (excluding diaryl/α,β-unsaturated/α-hetero) is 1. The van der Waals surface area contributed by atoms with Crippen LogP contribution in [0, 0.1) is 17.2 Å². The number of amides is 1. The molecular formula is C27H26ClN5O4. The second-order valence-corrected chi connectivity index (χ2v) is 10.5. The molecule has 2 aliphatic carbocycles. The molecule has 2 heterocycles. The lowest BCUT2D eigenvalue weighted by atomic mass is 9.99. The minimum atomic E-state index is -0.400. The molecule has 10 heteroatoms. The molecule has 190 valence electrons. The smallest absolute Gasteiger partial charge is 0.333 e. The summed E-state index contributed by atoms with van der Waals surface area (Å²) in [6.45, 7) is 2.13. The van der Waals surface area contributed by atoms with E-state index in [1.165, 1.54) is 16.8 Å². The zero-order chi connectivity index (χ0) is 26.3. The molecule has 2 aliphatic rings. The van der Waals surface area contributed by atoms with Gasteiger partial charge in [0.05, 0.1) is 21.5 Å². The van der Waals surface area contributed by atoms with Crippen molar-refractivity contribution in [2.45, 2.75) is 57.5 Å². The minimum absolute atomic E-state index is 0.00595. The number of carbonyl (C=O) groups is 2. The van der Waals surface area contributed by atoms with Crippen molar-refractivity contribution in [3.05, 3.63) is 73.0 Å². The summed E-state index contributed by atoms with van der Waals surface area (Å²) in [5, 5.41) is 12.4. The molecule has 3 aromatic rings. The summed E-state index contributed by atoms with van der Waals surface area (Å²) >= 11 is 6.05. The van der Waals surface area contributed by atoms with E-state index < -0.39 is 11.5 Å². The molecule has 2 aromatic heterocycles. The number of hydrogen-bond donors (Lipinski definition) is 1. The van der Waals surface area contributed by atoms with Gasteiger partial charge >= 0.3 is 5.69 Å². The van der Waals surface area contributed by atoms with Crippen LogP contribution in [0.2, 0.25) is 5.02 Å². The van der Waals surface area contributed by atoms with Gasteiger partial charge in [-0.15, -0.1) is 0 Å². The van der Waals surface area contributed by atoms with Gasteiger partial charge in [0.15, 0.2) is 0 Å². The predicted octanol–water partition coefficient (Wildman–Crippen LogP) is 3.32. The van der Waals surface area contributed by atoms with Crippen molar-refractivity contribution in [1.82, 2.24) is 19.4 Å². The first kappa shape index (κ1) is 24.9. The number of nitriles is 1. The highest BCUT2D eigenvalue weighted by atomic mass is 35.5. The molecule has 1 atom stereocenters. The van der Waals surface area contributed by atoms with E-state index in [1.54, 1.807) is 22.8 Å². The molecule has 1 amide bonds. The molecule has 9 nitrogen and oxygen atoms in total. The highest BCUT2D eigenvalue weighted by Gasteiger charge is 2.33. The molecule has 0 radical (unpaired) electrons. The lowest BCUT2D eigenvalue weighted by molar-refractivity contribution is -0.119. The van der Waals surface area contributed by atoms with E-state index in [0.29, 0.717) is 16.2 Å². The van der Waals surface area contributed by atoms with Crippen LogP contribution in [0.25, 0.3) is 11.0 Å². The molecule has 2 saturated carbocycles. The fourth-order valence-corrected chi connectivity index (χ4v) is 4.81. The van der Waals surface area contributed by atoms with Gasteiger partial charge in [-0.1, -0.05) is 24.6 Å². The highest BCUT2D eigenvalue weighted by Crippen LogP contribution is 2.36. The Morgan fingerprint density at radius 3 is 2.51 bits per heavy atom. The third-order valence-electron chi connectivity index (χ3n) is 6.78. The Balaban J connectivity index is 1.25. The summed E-state index contributed by atoms with van der Waals surface area (Å²) in [5.41, 5.74) is 0.942. The molecule has 0 saturated heterocycles. The topological polar surface area (TPSA) is 127 Å². The van der Waals surface area contributed by atoms with Gasteiger partial charge in [0.2, 0.25) is 0 Å². The van der Waals surface area contributed by atoms with Crippen LogP contribution in [0.5, 0.6) is 0 Å². The van der Waals surface area contributed by atoms with Crippen molar-refractivity contribution in [2.24, 2.45) is 5.92 Å². The third kappa shape index (κ3) is 5.20. The fraction of sp³-hybridized carbons (Fsp3) is 0.407. The van der Waals surface area contributed by atoms with Crippen molar-refractivity contribution < 1.29 is 9.59 Å².